The van der Waals surface area contributed by atoms with Crippen LogP contribution in [0, 0.1) is 5.92 Å². The number of rotatable bonds is 7. The first-order valence-corrected chi connectivity index (χ1v) is 14.2. The lowest BCUT2D eigenvalue weighted by atomic mass is 9.81. The van der Waals surface area contributed by atoms with E-state index >= 15 is 0 Å². The van der Waals surface area contributed by atoms with E-state index in [4.69, 9.17) is 24.0 Å². The van der Waals surface area contributed by atoms with Gasteiger partial charge in [0, 0.05) is 43.0 Å². The lowest BCUT2D eigenvalue weighted by Crippen LogP contribution is -2.58. The maximum Gasteiger partial charge on any atom is 0.498 e. The van der Waals surface area contributed by atoms with Gasteiger partial charge in [-0.1, -0.05) is 13.8 Å². The zero-order valence-corrected chi connectivity index (χ0v) is 25.7. The first kappa shape index (κ1) is 31.1. The van der Waals surface area contributed by atoms with Crippen LogP contribution in [0.4, 0.5) is 10.7 Å². The summed E-state index contributed by atoms with van der Waals surface area (Å²) in [7, 11) is -0.523. The molecule has 3 rings (SSSR count). The molecule has 2 amide bonds. The molecule has 0 bridgehead atoms. The quantitative estimate of drug-likeness (QED) is 0.519. The van der Waals surface area contributed by atoms with Gasteiger partial charge in [0.25, 0.3) is 0 Å². The summed E-state index contributed by atoms with van der Waals surface area (Å²) < 4.78 is 17.7. The molecule has 0 radical (unpaired) electrons. The minimum Gasteiger partial charge on any atom is -0.444 e. The number of nitrogens with zero attached hydrogens (tertiary/aromatic N) is 4. The van der Waals surface area contributed by atoms with E-state index in [0.29, 0.717) is 19.0 Å². The highest BCUT2D eigenvalue weighted by atomic mass is 16.7. The lowest BCUT2D eigenvalue weighted by molar-refractivity contribution is -0.135. The van der Waals surface area contributed by atoms with Crippen LogP contribution >= 0.6 is 0 Å². The molecule has 2 aliphatic heterocycles. The zero-order chi connectivity index (χ0) is 29.3. The van der Waals surface area contributed by atoms with Crippen LogP contribution in [0.2, 0.25) is 0 Å². The van der Waals surface area contributed by atoms with E-state index in [1.807, 2.05) is 46.4 Å². The summed E-state index contributed by atoms with van der Waals surface area (Å²) in [5, 5.41) is 2.80. The number of ether oxygens (including phenoxy) is 1. The molecular formula is C28H48BN5O5. The molecule has 2 fully saturated rings. The van der Waals surface area contributed by atoms with Crippen molar-refractivity contribution in [2.75, 3.05) is 18.0 Å². The number of aromatic nitrogens is 2. The smallest absolute Gasteiger partial charge is 0.444 e. The molecule has 0 unspecified atom stereocenters. The Morgan fingerprint density at radius 2 is 1.67 bits per heavy atom. The highest BCUT2D eigenvalue weighted by Gasteiger charge is 2.52. The molecule has 2 atom stereocenters. The van der Waals surface area contributed by atoms with Gasteiger partial charge < -0.3 is 29.2 Å². The van der Waals surface area contributed by atoms with E-state index in [2.05, 4.69) is 24.1 Å². The van der Waals surface area contributed by atoms with Crippen molar-refractivity contribution in [1.82, 2.24) is 20.2 Å². The Bertz CT molecular complexity index is 993. The predicted octanol–water partition coefficient (Wildman–Crippen LogP) is 3.53. The maximum atomic E-state index is 13.6. The SMILES string of the molecule is CC(C)[C@H](NC(=O)OC(C)(C)C)C(=O)N1CCC[C@H](N(c2ncc(B3OC(C)(C)C(C)(C)O3)cn2)C(C)C)C1. The Hall–Kier alpha value is -2.40. The first-order chi connectivity index (χ1) is 17.9. The Morgan fingerprint density at radius 3 is 2.15 bits per heavy atom. The Balaban J connectivity index is 1.73. The molecule has 1 aromatic heterocycles. The van der Waals surface area contributed by atoms with Gasteiger partial charge >= 0.3 is 13.2 Å². The van der Waals surface area contributed by atoms with Crippen LogP contribution in [-0.4, -0.2) is 82.0 Å². The van der Waals surface area contributed by atoms with E-state index in [-0.39, 0.29) is 23.9 Å². The monoisotopic (exact) mass is 545 g/mol. The number of hydrogen-bond donors (Lipinski definition) is 1. The molecule has 0 saturated carbocycles. The van der Waals surface area contributed by atoms with Gasteiger partial charge in [-0.05, 0) is 81.1 Å². The van der Waals surface area contributed by atoms with Gasteiger partial charge in [0.1, 0.15) is 11.6 Å². The number of carbonyl (C=O) groups excluding carboxylic acids is 2. The molecule has 39 heavy (non-hydrogen) atoms. The Kier molecular flexibility index (Phi) is 9.27. The molecular weight excluding hydrogens is 497 g/mol. The van der Waals surface area contributed by atoms with Gasteiger partial charge in [-0.3, -0.25) is 4.79 Å². The van der Waals surface area contributed by atoms with Gasteiger partial charge in [-0.15, -0.1) is 0 Å². The predicted molar refractivity (Wildman–Crippen MR) is 153 cm³/mol. The van der Waals surface area contributed by atoms with Crippen LogP contribution in [0.15, 0.2) is 12.4 Å². The van der Waals surface area contributed by atoms with Crippen molar-refractivity contribution < 1.29 is 23.6 Å². The number of anilines is 1. The van der Waals surface area contributed by atoms with Crippen molar-refractivity contribution in [2.24, 2.45) is 5.92 Å². The largest absolute Gasteiger partial charge is 0.498 e. The van der Waals surface area contributed by atoms with Gasteiger partial charge in [-0.25, -0.2) is 14.8 Å². The summed E-state index contributed by atoms with van der Waals surface area (Å²) in [5.74, 6) is 0.426. The molecule has 3 heterocycles. The number of piperidine rings is 1. The Morgan fingerprint density at radius 1 is 1.10 bits per heavy atom. The standard InChI is InChI=1S/C28H48BN5O5/c1-18(2)22(32-25(36)37-26(5,6)7)23(35)33-14-12-13-21(17-33)34(19(3)4)24-30-15-20(16-31-24)29-38-27(8,9)28(10,11)39-29/h15-16,18-19,21-22H,12-14,17H2,1-11H3,(H,32,36)/t21-,22-/m0/s1. The van der Waals surface area contributed by atoms with Gasteiger partial charge in [-0.2, -0.15) is 0 Å². The van der Waals surface area contributed by atoms with Crippen LogP contribution in [0.5, 0.6) is 0 Å². The molecule has 10 nitrogen and oxygen atoms in total. The van der Waals surface area contributed by atoms with Gasteiger partial charge in [0.2, 0.25) is 11.9 Å². The number of hydrogen-bond acceptors (Lipinski definition) is 8. The number of carbonyl (C=O) groups is 2. The highest BCUT2D eigenvalue weighted by molar-refractivity contribution is 6.61. The van der Waals surface area contributed by atoms with Crippen molar-refractivity contribution in [2.45, 2.75) is 124 Å². The lowest BCUT2D eigenvalue weighted by Gasteiger charge is -2.42. The normalized spacial score (nSPS) is 21.7. The third-order valence-corrected chi connectivity index (χ3v) is 7.68. The first-order valence-electron chi connectivity index (χ1n) is 14.2. The second-order valence-corrected chi connectivity index (χ2v) is 13.4. The van der Waals surface area contributed by atoms with Crippen molar-refractivity contribution >= 4 is 30.5 Å². The highest BCUT2D eigenvalue weighted by Crippen LogP contribution is 2.36. The van der Waals surface area contributed by atoms with Crippen LogP contribution in [0.25, 0.3) is 0 Å². The molecule has 0 aliphatic carbocycles. The number of likely N-dealkylation sites (tertiary alicyclic amines) is 1. The van der Waals surface area contributed by atoms with Crippen molar-refractivity contribution in [3.8, 4) is 0 Å². The summed E-state index contributed by atoms with van der Waals surface area (Å²) in [6.07, 6.45) is 4.72. The average molecular weight is 546 g/mol. The fraction of sp³-hybridized carbons (Fsp3) is 0.786. The third kappa shape index (κ3) is 7.42. The maximum absolute atomic E-state index is 13.6. The average Bonchev–Trinajstić information content (AvgIpc) is 3.03. The summed E-state index contributed by atoms with van der Waals surface area (Å²) in [4.78, 5) is 39.5. The summed E-state index contributed by atoms with van der Waals surface area (Å²) in [6.45, 7) is 22.7. The van der Waals surface area contributed by atoms with Crippen LogP contribution in [-0.2, 0) is 18.8 Å². The van der Waals surface area contributed by atoms with E-state index in [9.17, 15) is 9.59 Å². The topological polar surface area (TPSA) is 106 Å². The van der Waals surface area contributed by atoms with E-state index in [1.54, 1.807) is 33.2 Å². The second kappa shape index (κ2) is 11.6. The molecule has 11 heteroatoms. The zero-order valence-electron chi connectivity index (χ0n) is 25.7. The summed E-state index contributed by atoms with van der Waals surface area (Å²) in [5.41, 5.74) is -0.745. The number of alkyl carbamates (subject to hydrolysis) is 1. The van der Waals surface area contributed by atoms with Gasteiger partial charge in [0.15, 0.2) is 0 Å². The van der Waals surface area contributed by atoms with Crippen LogP contribution in [0.3, 0.4) is 0 Å². The molecule has 0 aromatic carbocycles. The fourth-order valence-corrected chi connectivity index (χ4v) is 4.91. The molecule has 0 spiro atoms. The molecule has 1 aromatic rings. The molecule has 218 valence electrons. The van der Waals surface area contributed by atoms with Crippen molar-refractivity contribution in [1.29, 1.82) is 0 Å². The minimum atomic E-state index is -0.665. The van der Waals surface area contributed by atoms with E-state index < -0.39 is 36.1 Å². The summed E-state index contributed by atoms with van der Waals surface area (Å²) in [6, 6.07) is -0.505. The fourth-order valence-electron chi connectivity index (χ4n) is 4.91. The number of amides is 2. The summed E-state index contributed by atoms with van der Waals surface area (Å²) >= 11 is 0. The van der Waals surface area contributed by atoms with Crippen molar-refractivity contribution in [3.05, 3.63) is 12.4 Å². The van der Waals surface area contributed by atoms with Crippen molar-refractivity contribution in [3.63, 3.8) is 0 Å². The molecule has 2 saturated heterocycles. The third-order valence-electron chi connectivity index (χ3n) is 7.68. The molecule has 2 aliphatic rings. The van der Waals surface area contributed by atoms with Crippen LogP contribution in [0.1, 0.15) is 89.0 Å². The second-order valence-electron chi connectivity index (χ2n) is 13.4. The van der Waals surface area contributed by atoms with E-state index in [0.717, 1.165) is 18.3 Å². The van der Waals surface area contributed by atoms with E-state index in [1.165, 1.54) is 0 Å². The van der Waals surface area contributed by atoms with Gasteiger partial charge in [0.05, 0.1) is 11.2 Å². The Labute approximate surface area is 234 Å². The molecule has 1 N–H and O–H groups in total. The number of nitrogens with one attached hydrogen (secondary N) is 1. The minimum absolute atomic E-state index is 0.0414. The van der Waals surface area contributed by atoms with Crippen LogP contribution < -0.4 is 15.7 Å².